The van der Waals surface area contributed by atoms with Crippen LogP contribution in [-0.4, -0.2) is 24.2 Å². The number of amides is 1. The predicted octanol–water partition coefficient (Wildman–Crippen LogP) is 0.700. The van der Waals surface area contributed by atoms with Crippen molar-refractivity contribution in [2.24, 2.45) is 0 Å². The van der Waals surface area contributed by atoms with Crippen LogP contribution in [0.5, 0.6) is 0 Å². The van der Waals surface area contributed by atoms with E-state index in [-0.39, 0.29) is 12.5 Å². The summed E-state index contributed by atoms with van der Waals surface area (Å²) in [4.78, 5) is 11.5. The lowest BCUT2D eigenvalue weighted by molar-refractivity contribution is -0.120. The summed E-state index contributed by atoms with van der Waals surface area (Å²) in [6.07, 6.45) is 1.91. The van der Waals surface area contributed by atoms with Crippen LogP contribution >= 0.6 is 0 Å². The van der Waals surface area contributed by atoms with Gasteiger partial charge in [0.2, 0.25) is 5.91 Å². The molecule has 0 atom stereocenters. The average molecular weight is 222 g/mol. The van der Waals surface area contributed by atoms with Crippen LogP contribution in [0.2, 0.25) is 0 Å². The van der Waals surface area contributed by atoms with Crippen LogP contribution < -0.4 is 11.1 Å². The van der Waals surface area contributed by atoms with Crippen molar-refractivity contribution in [3.05, 3.63) is 29.8 Å². The van der Waals surface area contributed by atoms with Gasteiger partial charge in [0.05, 0.1) is 6.42 Å². The Morgan fingerprint density at radius 3 is 2.56 bits per heavy atom. The molecule has 0 spiro atoms. The van der Waals surface area contributed by atoms with Crippen LogP contribution in [0.4, 0.5) is 5.69 Å². The molecule has 1 amide bonds. The summed E-state index contributed by atoms with van der Waals surface area (Å²) < 4.78 is 0. The number of carbonyl (C=O) groups excluding carboxylic acids is 1. The fraction of sp³-hybridized carbons (Fsp3) is 0.417. The Kier molecular flexibility index (Phi) is 5.36. The highest BCUT2D eigenvalue weighted by molar-refractivity contribution is 5.78. The molecule has 88 valence electrons. The van der Waals surface area contributed by atoms with E-state index in [0.29, 0.717) is 18.7 Å². The number of carbonyl (C=O) groups is 1. The summed E-state index contributed by atoms with van der Waals surface area (Å²) in [7, 11) is 0. The Hall–Kier alpha value is -1.55. The third-order valence-electron chi connectivity index (χ3n) is 2.25. The Balaban J connectivity index is 2.26. The SMILES string of the molecule is Nc1ccc(CC(=O)NCCCCO)cc1. The molecule has 0 saturated heterocycles. The van der Waals surface area contributed by atoms with Crippen LogP contribution in [0, 0.1) is 0 Å². The van der Waals surface area contributed by atoms with Crippen molar-refractivity contribution in [3.63, 3.8) is 0 Å². The van der Waals surface area contributed by atoms with Crippen LogP contribution in [0.15, 0.2) is 24.3 Å². The van der Waals surface area contributed by atoms with Gasteiger partial charge in [-0.25, -0.2) is 0 Å². The maximum Gasteiger partial charge on any atom is 0.224 e. The van der Waals surface area contributed by atoms with Gasteiger partial charge in [-0.2, -0.15) is 0 Å². The van der Waals surface area contributed by atoms with Gasteiger partial charge in [-0.15, -0.1) is 0 Å². The number of benzene rings is 1. The first-order chi connectivity index (χ1) is 7.72. The summed E-state index contributed by atoms with van der Waals surface area (Å²) in [5.74, 6) is 0.00251. The highest BCUT2D eigenvalue weighted by atomic mass is 16.2. The van der Waals surface area contributed by atoms with Crippen LogP contribution in [-0.2, 0) is 11.2 Å². The van der Waals surface area contributed by atoms with E-state index >= 15 is 0 Å². The van der Waals surface area contributed by atoms with Crippen molar-refractivity contribution >= 4 is 11.6 Å². The normalized spacial score (nSPS) is 10.1. The molecule has 0 unspecified atom stereocenters. The van der Waals surface area contributed by atoms with Gasteiger partial charge in [0.1, 0.15) is 0 Å². The molecule has 1 aromatic rings. The molecule has 0 bridgehead atoms. The Bertz CT molecular complexity index is 322. The summed E-state index contributed by atoms with van der Waals surface area (Å²) in [6, 6.07) is 7.27. The number of unbranched alkanes of at least 4 members (excludes halogenated alkanes) is 1. The van der Waals surface area contributed by atoms with Crippen LogP contribution in [0.25, 0.3) is 0 Å². The quantitative estimate of drug-likeness (QED) is 0.490. The van der Waals surface area contributed by atoms with Gasteiger partial charge in [0.15, 0.2) is 0 Å². The minimum atomic E-state index is 0.00251. The van der Waals surface area contributed by atoms with Gasteiger partial charge in [-0.1, -0.05) is 12.1 Å². The zero-order valence-corrected chi connectivity index (χ0v) is 9.28. The Labute approximate surface area is 95.5 Å². The molecule has 0 saturated carbocycles. The van der Waals surface area contributed by atoms with Gasteiger partial charge >= 0.3 is 0 Å². The largest absolute Gasteiger partial charge is 0.399 e. The molecule has 0 aromatic heterocycles. The van der Waals surface area contributed by atoms with Crippen molar-refractivity contribution < 1.29 is 9.90 Å². The summed E-state index contributed by atoms with van der Waals surface area (Å²) in [5.41, 5.74) is 7.20. The van der Waals surface area contributed by atoms with Crippen molar-refractivity contribution in [2.45, 2.75) is 19.3 Å². The summed E-state index contributed by atoms with van der Waals surface area (Å²) >= 11 is 0. The molecule has 4 nitrogen and oxygen atoms in total. The van der Waals surface area contributed by atoms with E-state index in [2.05, 4.69) is 5.32 Å². The Morgan fingerprint density at radius 1 is 1.25 bits per heavy atom. The predicted molar refractivity (Wildman–Crippen MR) is 63.9 cm³/mol. The first-order valence-corrected chi connectivity index (χ1v) is 5.44. The van der Waals surface area contributed by atoms with Crippen LogP contribution in [0.1, 0.15) is 18.4 Å². The first-order valence-electron chi connectivity index (χ1n) is 5.44. The van der Waals surface area contributed by atoms with E-state index in [1.807, 2.05) is 12.1 Å². The van der Waals surface area contributed by atoms with Crippen molar-refractivity contribution in [1.82, 2.24) is 5.32 Å². The maximum absolute atomic E-state index is 11.5. The van der Waals surface area contributed by atoms with Gasteiger partial charge in [0.25, 0.3) is 0 Å². The zero-order valence-electron chi connectivity index (χ0n) is 9.28. The fourth-order valence-corrected chi connectivity index (χ4v) is 1.35. The number of nitrogens with two attached hydrogens (primary N) is 1. The lowest BCUT2D eigenvalue weighted by Gasteiger charge is -2.04. The minimum absolute atomic E-state index is 0.00251. The second kappa shape index (κ2) is 6.85. The lowest BCUT2D eigenvalue weighted by Crippen LogP contribution is -2.26. The monoisotopic (exact) mass is 222 g/mol. The Morgan fingerprint density at radius 2 is 1.94 bits per heavy atom. The smallest absolute Gasteiger partial charge is 0.224 e. The average Bonchev–Trinajstić information content (AvgIpc) is 2.28. The maximum atomic E-state index is 11.5. The minimum Gasteiger partial charge on any atom is -0.399 e. The van der Waals surface area contributed by atoms with E-state index in [1.165, 1.54) is 0 Å². The van der Waals surface area contributed by atoms with E-state index in [1.54, 1.807) is 12.1 Å². The highest BCUT2D eigenvalue weighted by Gasteiger charge is 2.01. The first kappa shape index (κ1) is 12.5. The standard InChI is InChI=1S/C12H18N2O2/c13-11-5-3-10(4-6-11)9-12(16)14-7-1-2-8-15/h3-6,15H,1-2,7-9,13H2,(H,14,16). The van der Waals surface area contributed by atoms with Gasteiger partial charge in [-0.3, -0.25) is 4.79 Å². The summed E-state index contributed by atoms with van der Waals surface area (Å²) in [5, 5.41) is 11.4. The lowest BCUT2D eigenvalue weighted by atomic mass is 10.1. The highest BCUT2D eigenvalue weighted by Crippen LogP contribution is 2.05. The van der Waals surface area contributed by atoms with Crippen molar-refractivity contribution in [2.75, 3.05) is 18.9 Å². The van der Waals surface area contributed by atoms with Crippen molar-refractivity contribution in [3.8, 4) is 0 Å². The molecule has 0 aliphatic heterocycles. The second-order valence-corrected chi connectivity index (χ2v) is 3.70. The number of hydrogen-bond donors (Lipinski definition) is 3. The molecule has 0 heterocycles. The number of nitrogen functional groups attached to an aromatic ring is 1. The van der Waals surface area contributed by atoms with E-state index in [9.17, 15) is 4.79 Å². The van der Waals surface area contributed by atoms with Crippen LogP contribution in [0.3, 0.4) is 0 Å². The molecule has 1 rings (SSSR count). The molecular formula is C12H18N2O2. The molecule has 0 aliphatic rings. The third kappa shape index (κ3) is 4.79. The number of hydrogen-bond acceptors (Lipinski definition) is 3. The van der Waals surface area contributed by atoms with Gasteiger partial charge in [-0.05, 0) is 30.5 Å². The molecule has 0 fully saturated rings. The molecule has 0 aliphatic carbocycles. The third-order valence-corrected chi connectivity index (χ3v) is 2.25. The van der Waals surface area contributed by atoms with E-state index < -0.39 is 0 Å². The number of rotatable bonds is 6. The molecular weight excluding hydrogens is 204 g/mol. The topological polar surface area (TPSA) is 75.4 Å². The number of nitrogens with one attached hydrogen (secondary N) is 1. The molecule has 1 aromatic carbocycles. The summed E-state index contributed by atoms with van der Waals surface area (Å²) in [6.45, 7) is 0.794. The molecule has 16 heavy (non-hydrogen) atoms. The van der Waals surface area contributed by atoms with E-state index in [0.717, 1.165) is 18.4 Å². The molecule has 0 radical (unpaired) electrons. The molecule has 4 N–H and O–H groups in total. The van der Waals surface area contributed by atoms with Crippen molar-refractivity contribution in [1.29, 1.82) is 0 Å². The molecule has 4 heteroatoms. The van der Waals surface area contributed by atoms with Gasteiger partial charge in [0, 0.05) is 18.8 Å². The fourth-order valence-electron chi connectivity index (χ4n) is 1.35. The number of aliphatic hydroxyl groups excluding tert-OH is 1. The number of anilines is 1. The van der Waals surface area contributed by atoms with E-state index in [4.69, 9.17) is 10.8 Å². The van der Waals surface area contributed by atoms with Gasteiger partial charge < -0.3 is 16.2 Å². The number of aliphatic hydroxyl groups is 1. The second-order valence-electron chi connectivity index (χ2n) is 3.70. The zero-order chi connectivity index (χ0) is 11.8.